The van der Waals surface area contributed by atoms with Gasteiger partial charge in [0.1, 0.15) is 5.82 Å². The highest BCUT2D eigenvalue weighted by molar-refractivity contribution is 5.96. The van der Waals surface area contributed by atoms with Crippen LogP contribution in [0, 0.1) is 5.82 Å². The molecule has 0 saturated carbocycles. The SMILES string of the molecule is NC1=CC=CC(N)(c2nn3c(-c4ccccc4F)nnc3c3ccccc23)C1. The minimum absolute atomic E-state index is 0.326. The fourth-order valence-corrected chi connectivity index (χ4v) is 3.70. The highest BCUT2D eigenvalue weighted by Gasteiger charge is 2.32. The smallest absolute Gasteiger partial charge is 0.188 e. The summed E-state index contributed by atoms with van der Waals surface area (Å²) in [6.07, 6.45) is 5.99. The van der Waals surface area contributed by atoms with Gasteiger partial charge in [0.05, 0.1) is 16.8 Å². The summed E-state index contributed by atoms with van der Waals surface area (Å²) in [4.78, 5) is 0. The van der Waals surface area contributed by atoms with Crippen molar-refractivity contribution in [2.75, 3.05) is 0 Å². The first-order valence-electron chi connectivity index (χ1n) is 8.89. The normalized spacial score (nSPS) is 19.3. The summed E-state index contributed by atoms with van der Waals surface area (Å²) >= 11 is 0. The van der Waals surface area contributed by atoms with E-state index in [2.05, 4.69) is 10.2 Å². The minimum Gasteiger partial charge on any atom is -0.402 e. The lowest BCUT2D eigenvalue weighted by molar-refractivity contribution is 0.524. The molecule has 138 valence electrons. The standard InChI is InChI=1S/C21H17FN6/c22-17-10-4-3-9-16(17)20-26-25-19-15-8-2-1-7-14(15)18(27-28(19)20)21(24)11-5-6-13(23)12-21/h1-11H,12,23-24H2. The molecule has 0 amide bonds. The van der Waals surface area contributed by atoms with E-state index in [1.54, 1.807) is 22.7 Å². The molecule has 0 saturated heterocycles. The Bertz CT molecular complexity index is 1290. The second-order valence-electron chi connectivity index (χ2n) is 6.95. The van der Waals surface area contributed by atoms with Crippen LogP contribution in [0.3, 0.4) is 0 Å². The van der Waals surface area contributed by atoms with E-state index in [0.717, 1.165) is 10.8 Å². The molecule has 0 radical (unpaired) electrons. The van der Waals surface area contributed by atoms with Gasteiger partial charge in [-0.05, 0) is 18.2 Å². The summed E-state index contributed by atoms with van der Waals surface area (Å²) in [5, 5.41) is 15.0. The summed E-state index contributed by atoms with van der Waals surface area (Å²) in [5.41, 5.74) is 14.1. The maximum Gasteiger partial charge on any atom is 0.188 e. The molecule has 0 fully saturated rings. The number of aromatic nitrogens is 4. The molecule has 1 unspecified atom stereocenters. The quantitative estimate of drug-likeness (QED) is 0.564. The van der Waals surface area contributed by atoms with Crippen LogP contribution >= 0.6 is 0 Å². The topological polar surface area (TPSA) is 95.1 Å². The van der Waals surface area contributed by atoms with Gasteiger partial charge in [0.25, 0.3) is 0 Å². The van der Waals surface area contributed by atoms with Crippen LogP contribution in [0.2, 0.25) is 0 Å². The van der Waals surface area contributed by atoms with Crippen molar-refractivity contribution in [3.8, 4) is 11.4 Å². The Morgan fingerprint density at radius 1 is 1.00 bits per heavy atom. The summed E-state index contributed by atoms with van der Waals surface area (Å²) in [5.74, 6) is -0.0625. The molecule has 0 bridgehead atoms. The van der Waals surface area contributed by atoms with Crippen LogP contribution in [0.25, 0.3) is 27.8 Å². The zero-order valence-electron chi connectivity index (χ0n) is 14.9. The maximum absolute atomic E-state index is 14.4. The van der Waals surface area contributed by atoms with Gasteiger partial charge in [-0.1, -0.05) is 48.6 Å². The lowest BCUT2D eigenvalue weighted by atomic mass is 9.85. The molecule has 1 aliphatic carbocycles. The van der Waals surface area contributed by atoms with E-state index < -0.39 is 5.54 Å². The first-order valence-corrected chi connectivity index (χ1v) is 8.89. The summed E-state index contributed by atoms with van der Waals surface area (Å²) in [7, 11) is 0. The molecule has 2 heterocycles. The number of nitrogens with zero attached hydrogens (tertiary/aromatic N) is 4. The highest BCUT2D eigenvalue weighted by Crippen LogP contribution is 2.34. The molecular weight excluding hydrogens is 355 g/mol. The van der Waals surface area contributed by atoms with Crippen LogP contribution in [-0.4, -0.2) is 19.8 Å². The number of allylic oxidation sites excluding steroid dienone is 2. The molecular formula is C21H17FN6. The molecule has 2 aromatic carbocycles. The fourth-order valence-electron chi connectivity index (χ4n) is 3.70. The average Bonchev–Trinajstić information content (AvgIpc) is 3.11. The average molecular weight is 372 g/mol. The lowest BCUT2D eigenvalue weighted by Gasteiger charge is -2.29. The zero-order valence-corrected chi connectivity index (χ0v) is 14.9. The first kappa shape index (κ1) is 16.6. The largest absolute Gasteiger partial charge is 0.402 e. The van der Waals surface area contributed by atoms with Gasteiger partial charge in [0, 0.05) is 22.9 Å². The van der Waals surface area contributed by atoms with Crippen molar-refractivity contribution < 1.29 is 4.39 Å². The van der Waals surface area contributed by atoms with Crippen LogP contribution in [0.1, 0.15) is 12.1 Å². The monoisotopic (exact) mass is 372 g/mol. The molecule has 28 heavy (non-hydrogen) atoms. The molecule has 7 heteroatoms. The molecule has 1 atom stereocenters. The third-order valence-corrected chi connectivity index (χ3v) is 5.02. The van der Waals surface area contributed by atoms with Crippen molar-refractivity contribution in [2.45, 2.75) is 12.0 Å². The number of hydrogen-bond donors (Lipinski definition) is 2. The van der Waals surface area contributed by atoms with Gasteiger partial charge >= 0.3 is 0 Å². The van der Waals surface area contributed by atoms with Crippen molar-refractivity contribution in [3.63, 3.8) is 0 Å². The van der Waals surface area contributed by atoms with Crippen LogP contribution in [0.5, 0.6) is 0 Å². The van der Waals surface area contributed by atoms with Crippen LogP contribution in [0.4, 0.5) is 4.39 Å². The van der Waals surface area contributed by atoms with Gasteiger partial charge in [-0.15, -0.1) is 10.2 Å². The van der Waals surface area contributed by atoms with E-state index in [0.29, 0.717) is 34.8 Å². The van der Waals surface area contributed by atoms with Crippen LogP contribution < -0.4 is 11.5 Å². The summed E-state index contributed by atoms with van der Waals surface area (Å²) in [6, 6.07) is 14.1. The number of halogens is 1. The number of nitrogens with two attached hydrogens (primary N) is 2. The number of fused-ring (bicyclic) bond motifs is 3. The predicted octanol–water partition coefficient (Wildman–Crippen LogP) is 3.04. The molecule has 2 aromatic heterocycles. The summed E-state index contributed by atoms with van der Waals surface area (Å²) < 4.78 is 16.0. The van der Waals surface area contributed by atoms with Crippen molar-refractivity contribution in [1.82, 2.24) is 19.8 Å². The van der Waals surface area contributed by atoms with Gasteiger partial charge in [-0.2, -0.15) is 9.61 Å². The second kappa shape index (κ2) is 5.97. The fraction of sp³-hybridized carbons (Fsp3) is 0.0952. The zero-order chi connectivity index (χ0) is 19.3. The van der Waals surface area contributed by atoms with Gasteiger partial charge in [-0.25, -0.2) is 4.39 Å². The van der Waals surface area contributed by atoms with Gasteiger partial charge in [0.2, 0.25) is 0 Å². The van der Waals surface area contributed by atoms with E-state index in [1.807, 2.05) is 42.5 Å². The van der Waals surface area contributed by atoms with E-state index >= 15 is 0 Å². The van der Waals surface area contributed by atoms with Crippen LogP contribution in [0.15, 0.2) is 72.5 Å². The third kappa shape index (κ3) is 2.40. The molecule has 0 aliphatic heterocycles. The number of benzene rings is 2. The van der Waals surface area contributed by atoms with Crippen LogP contribution in [-0.2, 0) is 5.54 Å². The lowest BCUT2D eigenvalue weighted by Crippen LogP contribution is -2.39. The highest BCUT2D eigenvalue weighted by atomic mass is 19.1. The van der Waals surface area contributed by atoms with E-state index in [1.165, 1.54) is 6.07 Å². The third-order valence-electron chi connectivity index (χ3n) is 5.02. The molecule has 1 aliphatic rings. The van der Waals surface area contributed by atoms with E-state index in [-0.39, 0.29) is 5.82 Å². The van der Waals surface area contributed by atoms with Crippen molar-refractivity contribution in [2.24, 2.45) is 11.5 Å². The number of hydrogen-bond acceptors (Lipinski definition) is 5. The van der Waals surface area contributed by atoms with Crippen molar-refractivity contribution in [1.29, 1.82) is 0 Å². The Labute approximate surface area is 160 Å². The Hall–Kier alpha value is -3.58. The molecule has 5 rings (SSSR count). The first-order chi connectivity index (χ1) is 13.6. The second-order valence-corrected chi connectivity index (χ2v) is 6.95. The Morgan fingerprint density at radius 3 is 2.54 bits per heavy atom. The summed E-state index contributed by atoms with van der Waals surface area (Å²) in [6.45, 7) is 0. The Kier molecular flexibility index (Phi) is 3.53. The van der Waals surface area contributed by atoms with Gasteiger partial charge < -0.3 is 11.5 Å². The minimum atomic E-state index is -0.886. The predicted molar refractivity (Wildman–Crippen MR) is 106 cm³/mol. The maximum atomic E-state index is 14.4. The molecule has 0 spiro atoms. The molecule has 4 N–H and O–H groups in total. The molecule has 4 aromatic rings. The Morgan fingerprint density at radius 2 is 1.75 bits per heavy atom. The van der Waals surface area contributed by atoms with E-state index in [9.17, 15) is 4.39 Å². The number of rotatable bonds is 2. The van der Waals surface area contributed by atoms with Gasteiger partial charge in [-0.3, -0.25) is 0 Å². The van der Waals surface area contributed by atoms with Crippen molar-refractivity contribution >= 4 is 16.4 Å². The van der Waals surface area contributed by atoms with Gasteiger partial charge in [0.15, 0.2) is 11.5 Å². The van der Waals surface area contributed by atoms with Crippen molar-refractivity contribution in [3.05, 3.63) is 84.0 Å². The molecule has 6 nitrogen and oxygen atoms in total. The van der Waals surface area contributed by atoms with E-state index in [4.69, 9.17) is 16.6 Å². The Balaban J connectivity index is 1.85.